The highest BCUT2D eigenvalue weighted by atomic mass is 35.5. The maximum absolute atomic E-state index is 13.2. The molecule has 0 unspecified atom stereocenters. The third-order valence-corrected chi connectivity index (χ3v) is 3.07. The molecule has 2 rings (SSSR count). The maximum atomic E-state index is 13.2. The van der Waals surface area contributed by atoms with Crippen LogP contribution >= 0.6 is 11.6 Å². The summed E-state index contributed by atoms with van der Waals surface area (Å²) >= 11 is 5.81. The van der Waals surface area contributed by atoms with Gasteiger partial charge < -0.3 is 10.4 Å². The van der Waals surface area contributed by atoms with Crippen LogP contribution in [0.5, 0.6) is 0 Å². The molecule has 108 valence electrons. The zero-order chi connectivity index (χ0) is 15.6. The lowest BCUT2D eigenvalue weighted by molar-refractivity contribution is 0.0696. The number of anilines is 1. The normalized spacial score (nSPS) is 10.2. The molecule has 0 saturated heterocycles. The fourth-order valence-corrected chi connectivity index (χ4v) is 2.06. The molecule has 2 N–H and O–H groups in total. The number of hydrogen-bond donors (Lipinski definition) is 2. The van der Waals surface area contributed by atoms with E-state index in [1.165, 1.54) is 30.3 Å². The van der Waals surface area contributed by atoms with Crippen LogP contribution in [0.25, 0.3) is 0 Å². The lowest BCUT2D eigenvalue weighted by atomic mass is 10.1. The Morgan fingerprint density at radius 1 is 1.19 bits per heavy atom. The Kier molecular flexibility index (Phi) is 4.23. The predicted molar refractivity (Wildman–Crippen MR) is 77.5 cm³/mol. The minimum atomic E-state index is -1.16. The van der Waals surface area contributed by atoms with Crippen LogP contribution in [0.15, 0.2) is 36.4 Å². The Bertz CT molecular complexity index is 731. The lowest BCUT2D eigenvalue weighted by Gasteiger charge is -2.09. The molecule has 1 amide bonds. The maximum Gasteiger partial charge on any atom is 0.335 e. The first kappa shape index (κ1) is 15.0. The van der Waals surface area contributed by atoms with Crippen LogP contribution in [0.2, 0.25) is 5.02 Å². The second-order valence-electron chi connectivity index (χ2n) is 4.45. The number of aromatic carboxylic acids is 1. The van der Waals surface area contributed by atoms with Gasteiger partial charge in [-0.15, -0.1) is 0 Å². The summed E-state index contributed by atoms with van der Waals surface area (Å²) in [6, 6.07) is 7.83. The average Bonchev–Trinajstić information content (AvgIpc) is 2.40. The van der Waals surface area contributed by atoms with Crippen molar-refractivity contribution in [2.45, 2.75) is 6.92 Å². The quantitative estimate of drug-likeness (QED) is 0.907. The lowest BCUT2D eigenvalue weighted by Crippen LogP contribution is -2.14. The van der Waals surface area contributed by atoms with E-state index in [1.54, 1.807) is 6.92 Å². The molecule has 0 bridgehead atoms. The second kappa shape index (κ2) is 5.93. The Morgan fingerprint density at radius 3 is 2.57 bits per heavy atom. The molecular weight excluding hydrogens is 297 g/mol. The third kappa shape index (κ3) is 3.58. The molecule has 0 heterocycles. The summed E-state index contributed by atoms with van der Waals surface area (Å²) in [5.41, 5.74) is 0.962. The van der Waals surface area contributed by atoms with Gasteiger partial charge in [0.15, 0.2) is 0 Å². The molecule has 4 nitrogen and oxygen atoms in total. The highest BCUT2D eigenvalue weighted by Crippen LogP contribution is 2.20. The Labute approximate surface area is 125 Å². The number of nitrogens with one attached hydrogen (secondary N) is 1. The second-order valence-corrected chi connectivity index (χ2v) is 4.88. The smallest absolute Gasteiger partial charge is 0.335 e. The van der Waals surface area contributed by atoms with E-state index in [4.69, 9.17) is 16.7 Å². The molecule has 0 aliphatic carbocycles. The number of benzene rings is 2. The van der Waals surface area contributed by atoms with Crippen LogP contribution in [-0.2, 0) is 0 Å². The molecule has 2 aromatic carbocycles. The van der Waals surface area contributed by atoms with E-state index in [2.05, 4.69) is 5.32 Å². The van der Waals surface area contributed by atoms with Crippen molar-refractivity contribution in [2.24, 2.45) is 0 Å². The highest BCUT2D eigenvalue weighted by molar-refractivity contribution is 6.31. The van der Waals surface area contributed by atoms with E-state index in [9.17, 15) is 14.0 Å². The van der Waals surface area contributed by atoms with Gasteiger partial charge in [0, 0.05) is 16.3 Å². The third-order valence-electron chi connectivity index (χ3n) is 2.85. The Morgan fingerprint density at radius 2 is 1.90 bits per heavy atom. The zero-order valence-corrected chi connectivity index (χ0v) is 11.7. The molecule has 0 radical (unpaired) electrons. The Balaban J connectivity index is 2.31. The van der Waals surface area contributed by atoms with Crippen LogP contribution in [0, 0.1) is 12.7 Å². The van der Waals surface area contributed by atoms with Gasteiger partial charge >= 0.3 is 5.97 Å². The standard InChI is InChI=1S/C15H11ClFNO3/c1-8-2-3-11(17)7-13(8)14(19)18-12-5-9(15(20)21)4-10(16)6-12/h2-7H,1H3,(H,18,19)(H,20,21). The fourth-order valence-electron chi connectivity index (χ4n) is 1.82. The molecule has 0 aliphatic rings. The fraction of sp³-hybridized carbons (Fsp3) is 0.0667. The van der Waals surface area contributed by atoms with Crippen molar-refractivity contribution in [3.63, 3.8) is 0 Å². The van der Waals surface area contributed by atoms with Crippen molar-refractivity contribution in [1.29, 1.82) is 0 Å². The van der Waals surface area contributed by atoms with Crippen molar-refractivity contribution < 1.29 is 19.1 Å². The van der Waals surface area contributed by atoms with Crippen LogP contribution < -0.4 is 5.32 Å². The number of carbonyl (C=O) groups excluding carboxylic acids is 1. The van der Waals surface area contributed by atoms with Gasteiger partial charge in [0.25, 0.3) is 5.91 Å². The van der Waals surface area contributed by atoms with Crippen LogP contribution in [0.3, 0.4) is 0 Å². The van der Waals surface area contributed by atoms with Crippen LogP contribution in [0.4, 0.5) is 10.1 Å². The first-order chi connectivity index (χ1) is 9.86. The molecule has 21 heavy (non-hydrogen) atoms. The number of carboxylic acids is 1. The van der Waals surface area contributed by atoms with Crippen LogP contribution in [0.1, 0.15) is 26.3 Å². The average molecular weight is 308 g/mol. The summed E-state index contributed by atoms with van der Waals surface area (Å²) in [7, 11) is 0. The molecule has 0 atom stereocenters. The number of carbonyl (C=O) groups is 2. The molecule has 6 heteroatoms. The summed E-state index contributed by atoms with van der Waals surface area (Å²) in [5.74, 6) is -2.22. The van der Waals surface area contributed by atoms with E-state index in [1.807, 2.05) is 0 Å². The number of rotatable bonds is 3. The molecule has 0 aliphatic heterocycles. The van der Waals surface area contributed by atoms with E-state index < -0.39 is 17.7 Å². The van der Waals surface area contributed by atoms with Crippen molar-refractivity contribution >= 4 is 29.2 Å². The number of aryl methyl sites for hydroxylation is 1. The monoisotopic (exact) mass is 307 g/mol. The summed E-state index contributed by atoms with van der Waals surface area (Å²) in [6.45, 7) is 1.68. The summed E-state index contributed by atoms with van der Waals surface area (Å²) < 4.78 is 13.2. The zero-order valence-electron chi connectivity index (χ0n) is 11.0. The predicted octanol–water partition coefficient (Wildman–Crippen LogP) is 3.74. The minimum absolute atomic E-state index is 0.0474. The Hall–Kier alpha value is -2.40. The SMILES string of the molecule is Cc1ccc(F)cc1C(=O)Nc1cc(Cl)cc(C(=O)O)c1. The van der Waals surface area contributed by atoms with E-state index in [-0.39, 0.29) is 21.8 Å². The van der Waals surface area contributed by atoms with E-state index in [0.717, 1.165) is 6.07 Å². The summed E-state index contributed by atoms with van der Waals surface area (Å²) in [5, 5.41) is 11.6. The molecular formula is C15H11ClFNO3. The first-order valence-corrected chi connectivity index (χ1v) is 6.36. The summed E-state index contributed by atoms with van der Waals surface area (Å²) in [4.78, 5) is 23.1. The minimum Gasteiger partial charge on any atom is -0.478 e. The molecule has 0 aromatic heterocycles. The van der Waals surface area contributed by atoms with E-state index >= 15 is 0 Å². The first-order valence-electron chi connectivity index (χ1n) is 5.98. The topological polar surface area (TPSA) is 66.4 Å². The highest BCUT2D eigenvalue weighted by Gasteiger charge is 2.12. The number of hydrogen-bond acceptors (Lipinski definition) is 2. The van der Waals surface area contributed by atoms with Gasteiger partial charge in [0.1, 0.15) is 5.82 Å². The van der Waals surface area contributed by atoms with Gasteiger partial charge in [-0.1, -0.05) is 17.7 Å². The number of carboxylic acid groups (broad SMARTS) is 1. The molecule has 0 fully saturated rings. The van der Waals surface area contributed by atoms with Gasteiger partial charge in [0.05, 0.1) is 5.56 Å². The molecule has 0 saturated carbocycles. The van der Waals surface area contributed by atoms with Gasteiger partial charge in [-0.3, -0.25) is 4.79 Å². The molecule has 2 aromatic rings. The van der Waals surface area contributed by atoms with Crippen molar-refractivity contribution in [3.05, 3.63) is 63.9 Å². The number of amides is 1. The largest absolute Gasteiger partial charge is 0.478 e. The van der Waals surface area contributed by atoms with Gasteiger partial charge in [-0.05, 0) is 42.8 Å². The van der Waals surface area contributed by atoms with Crippen molar-refractivity contribution in [2.75, 3.05) is 5.32 Å². The summed E-state index contributed by atoms with van der Waals surface area (Å²) in [6.07, 6.45) is 0. The van der Waals surface area contributed by atoms with Crippen LogP contribution in [-0.4, -0.2) is 17.0 Å². The van der Waals surface area contributed by atoms with Gasteiger partial charge in [0.2, 0.25) is 0 Å². The van der Waals surface area contributed by atoms with Gasteiger partial charge in [-0.25, -0.2) is 9.18 Å². The van der Waals surface area contributed by atoms with Gasteiger partial charge in [-0.2, -0.15) is 0 Å². The van der Waals surface area contributed by atoms with Crippen molar-refractivity contribution in [1.82, 2.24) is 0 Å². The van der Waals surface area contributed by atoms with E-state index in [0.29, 0.717) is 5.56 Å². The van der Waals surface area contributed by atoms with Crippen molar-refractivity contribution in [3.8, 4) is 0 Å². The number of halogens is 2. The molecule has 0 spiro atoms.